The first kappa shape index (κ1) is 19.9. The predicted molar refractivity (Wildman–Crippen MR) is 114 cm³/mol. The zero-order chi connectivity index (χ0) is 21.1. The van der Waals surface area contributed by atoms with E-state index in [9.17, 15) is 9.59 Å². The molecular formula is C24H25N3O3. The number of carbonyl (C=O) groups excluding carboxylic acids is 2. The molecule has 1 aliphatic heterocycles. The van der Waals surface area contributed by atoms with Crippen LogP contribution in [-0.2, 0) is 17.8 Å². The molecule has 0 saturated carbocycles. The standard InChI is InChI=1S/C24H25N3O3/c1-17(18-9-5-3-6-10-18)15-21(28)22-20-16-26(24(29)30-2)13-14-27(20)23(25-22)19-11-7-4-8-12-19/h3-12,17H,13-16H2,1-2H3/t17-/m1/s1. The van der Waals surface area contributed by atoms with Gasteiger partial charge >= 0.3 is 6.09 Å². The lowest BCUT2D eigenvalue weighted by Crippen LogP contribution is -2.38. The first-order valence-electron chi connectivity index (χ1n) is 10.1. The number of benzene rings is 2. The molecule has 0 bridgehead atoms. The lowest BCUT2D eigenvalue weighted by Gasteiger charge is -2.28. The molecule has 3 aromatic rings. The van der Waals surface area contributed by atoms with Crippen molar-refractivity contribution in [2.24, 2.45) is 0 Å². The lowest BCUT2D eigenvalue weighted by atomic mass is 9.94. The van der Waals surface area contributed by atoms with Crippen LogP contribution in [0.3, 0.4) is 0 Å². The molecule has 30 heavy (non-hydrogen) atoms. The van der Waals surface area contributed by atoms with Gasteiger partial charge in [0.05, 0.1) is 19.3 Å². The third kappa shape index (κ3) is 3.85. The van der Waals surface area contributed by atoms with E-state index in [1.807, 2.05) is 60.7 Å². The normalized spacial score (nSPS) is 14.1. The minimum Gasteiger partial charge on any atom is -0.453 e. The van der Waals surface area contributed by atoms with Crippen molar-refractivity contribution in [3.63, 3.8) is 0 Å². The molecule has 1 atom stereocenters. The fourth-order valence-electron chi connectivity index (χ4n) is 3.96. The van der Waals surface area contributed by atoms with Crippen LogP contribution in [0.5, 0.6) is 0 Å². The fraction of sp³-hybridized carbons (Fsp3) is 0.292. The smallest absolute Gasteiger partial charge is 0.409 e. The number of amides is 1. The number of ether oxygens (including phenoxy) is 1. The van der Waals surface area contributed by atoms with Gasteiger partial charge in [-0.3, -0.25) is 4.79 Å². The van der Waals surface area contributed by atoms with Crippen LogP contribution in [0.25, 0.3) is 11.4 Å². The van der Waals surface area contributed by atoms with Crippen molar-refractivity contribution in [3.05, 3.63) is 77.6 Å². The molecule has 0 spiro atoms. The van der Waals surface area contributed by atoms with E-state index >= 15 is 0 Å². The van der Waals surface area contributed by atoms with Crippen LogP contribution in [-0.4, -0.2) is 40.0 Å². The summed E-state index contributed by atoms with van der Waals surface area (Å²) in [6.07, 6.45) is -0.0275. The summed E-state index contributed by atoms with van der Waals surface area (Å²) in [6, 6.07) is 19.9. The Morgan fingerprint density at radius 2 is 1.70 bits per heavy atom. The number of hydrogen-bond acceptors (Lipinski definition) is 4. The number of fused-ring (bicyclic) bond motifs is 1. The number of nitrogens with zero attached hydrogens (tertiary/aromatic N) is 3. The van der Waals surface area contributed by atoms with E-state index in [1.165, 1.54) is 7.11 Å². The van der Waals surface area contributed by atoms with Crippen molar-refractivity contribution < 1.29 is 14.3 Å². The van der Waals surface area contributed by atoms with Crippen LogP contribution in [0.2, 0.25) is 0 Å². The molecule has 2 aromatic carbocycles. The van der Waals surface area contributed by atoms with Gasteiger partial charge in [-0.2, -0.15) is 0 Å². The largest absolute Gasteiger partial charge is 0.453 e. The Hall–Kier alpha value is -3.41. The van der Waals surface area contributed by atoms with Crippen LogP contribution >= 0.6 is 0 Å². The van der Waals surface area contributed by atoms with Crippen molar-refractivity contribution in [2.75, 3.05) is 13.7 Å². The molecule has 0 saturated heterocycles. The Morgan fingerprint density at radius 3 is 2.37 bits per heavy atom. The number of ketones is 1. The molecule has 0 radical (unpaired) electrons. The summed E-state index contributed by atoms with van der Waals surface area (Å²) < 4.78 is 6.96. The summed E-state index contributed by atoms with van der Waals surface area (Å²) in [5.41, 5.74) is 3.31. The van der Waals surface area contributed by atoms with Crippen LogP contribution in [0.4, 0.5) is 4.79 Å². The van der Waals surface area contributed by atoms with Gasteiger partial charge in [0.15, 0.2) is 5.78 Å². The Morgan fingerprint density at radius 1 is 1.03 bits per heavy atom. The SMILES string of the molecule is COC(=O)N1CCn2c(-c3ccccc3)nc(C(=O)C[C@@H](C)c3ccccc3)c2C1. The third-order valence-electron chi connectivity index (χ3n) is 5.60. The fourth-order valence-corrected chi connectivity index (χ4v) is 3.96. The highest BCUT2D eigenvalue weighted by atomic mass is 16.5. The van der Waals surface area contributed by atoms with Gasteiger partial charge in [-0.05, 0) is 11.5 Å². The molecular weight excluding hydrogens is 378 g/mol. The van der Waals surface area contributed by atoms with E-state index in [-0.39, 0.29) is 17.8 Å². The predicted octanol–water partition coefficient (Wildman–Crippen LogP) is 4.51. The Balaban J connectivity index is 1.69. The Bertz CT molecular complexity index is 1040. The van der Waals surface area contributed by atoms with Crippen molar-refractivity contribution in [1.82, 2.24) is 14.5 Å². The molecule has 2 heterocycles. The van der Waals surface area contributed by atoms with Gasteiger partial charge in [0, 0.05) is 25.1 Å². The highest BCUT2D eigenvalue weighted by molar-refractivity contribution is 5.96. The van der Waals surface area contributed by atoms with Gasteiger partial charge in [0.2, 0.25) is 0 Å². The van der Waals surface area contributed by atoms with Crippen molar-refractivity contribution in [2.45, 2.75) is 32.4 Å². The van der Waals surface area contributed by atoms with E-state index in [0.717, 1.165) is 22.6 Å². The van der Waals surface area contributed by atoms with Gasteiger partial charge in [-0.1, -0.05) is 67.6 Å². The number of methoxy groups -OCH3 is 1. The molecule has 6 nitrogen and oxygen atoms in total. The molecule has 0 unspecified atom stereocenters. The molecule has 0 N–H and O–H groups in total. The maximum absolute atomic E-state index is 13.3. The van der Waals surface area contributed by atoms with Gasteiger partial charge < -0.3 is 14.2 Å². The quantitative estimate of drug-likeness (QED) is 0.588. The highest BCUT2D eigenvalue weighted by Gasteiger charge is 2.30. The number of Topliss-reactive ketones (excluding diaryl/α,β-unsaturated/α-hetero) is 1. The molecule has 1 aliphatic rings. The molecule has 0 fully saturated rings. The minimum absolute atomic E-state index is 0.0102. The third-order valence-corrected chi connectivity index (χ3v) is 5.60. The average Bonchev–Trinajstić information content (AvgIpc) is 3.18. The second-order valence-corrected chi connectivity index (χ2v) is 7.58. The highest BCUT2D eigenvalue weighted by Crippen LogP contribution is 2.29. The van der Waals surface area contributed by atoms with Crippen LogP contribution < -0.4 is 0 Å². The van der Waals surface area contributed by atoms with Crippen LogP contribution in [0, 0.1) is 0 Å². The van der Waals surface area contributed by atoms with E-state index in [1.54, 1.807) is 4.90 Å². The average molecular weight is 403 g/mol. The van der Waals surface area contributed by atoms with Gasteiger partial charge in [-0.25, -0.2) is 9.78 Å². The molecule has 6 heteroatoms. The zero-order valence-electron chi connectivity index (χ0n) is 17.2. The molecule has 154 valence electrons. The molecule has 4 rings (SSSR count). The summed E-state index contributed by atoms with van der Waals surface area (Å²) in [7, 11) is 1.37. The monoisotopic (exact) mass is 403 g/mol. The minimum atomic E-state index is -0.389. The summed E-state index contributed by atoms with van der Waals surface area (Å²) >= 11 is 0. The number of carbonyl (C=O) groups is 2. The molecule has 1 amide bonds. The summed E-state index contributed by atoms with van der Waals surface area (Å²) in [5.74, 6) is 0.839. The Labute approximate surface area is 176 Å². The first-order valence-corrected chi connectivity index (χ1v) is 10.1. The zero-order valence-corrected chi connectivity index (χ0v) is 17.2. The van der Waals surface area contributed by atoms with Crippen LogP contribution in [0.1, 0.15) is 41.0 Å². The van der Waals surface area contributed by atoms with E-state index in [2.05, 4.69) is 11.5 Å². The summed E-state index contributed by atoms with van der Waals surface area (Å²) in [5, 5.41) is 0. The number of rotatable bonds is 5. The van der Waals surface area contributed by atoms with E-state index in [4.69, 9.17) is 9.72 Å². The lowest BCUT2D eigenvalue weighted by molar-refractivity contribution is 0.0959. The molecule has 0 aliphatic carbocycles. The topological polar surface area (TPSA) is 64.4 Å². The summed E-state index contributed by atoms with van der Waals surface area (Å²) in [6.45, 7) is 3.45. The summed E-state index contributed by atoms with van der Waals surface area (Å²) in [4.78, 5) is 31.7. The van der Waals surface area contributed by atoms with E-state index in [0.29, 0.717) is 31.7 Å². The first-order chi connectivity index (χ1) is 14.6. The van der Waals surface area contributed by atoms with E-state index < -0.39 is 0 Å². The van der Waals surface area contributed by atoms with Crippen molar-refractivity contribution >= 4 is 11.9 Å². The van der Waals surface area contributed by atoms with Crippen molar-refractivity contribution in [3.8, 4) is 11.4 Å². The van der Waals surface area contributed by atoms with Crippen molar-refractivity contribution in [1.29, 1.82) is 0 Å². The van der Waals surface area contributed by atoms with Crippen LogP contribution in [0.15, 0.2) is 60.7 Å². The maximum Gasteiger partial charge on any atom is 0.409 e. The Kier molecular flexibility index (Phi) is 5.65. The number of hydrogen-bond donors (Lipinski definition) is 0. The molecule has 1 aromatic heterocycles. The van der Waals surface area contributed by atoms with Gasteiger partial charge in [0.25, 0.3) is 0 Å². The number of aromatic nitrogens is 2. The second-order valence-electron chi connectivity index (χ2n) is 7.58. The number of imidazole rings is 1. The second kappa shape index (κ2) is 8.53. The maximum atomic E-state index is 13.3. The van der Waals surface area contributed by atoms with Gasteiger partial charge in [0.1, 0.15) is 11.5 Å². The van der Waals surface area contributed by atoms with Gasteiger partial charge in [-0.15, -0.1) is 0 Å².